The fourth-order valence-corrected chi connectivity index (χ4v) is 4.39. The summed E-state index contributed by atoms with van der Waals surface area (Å²) in [6.07, 6.45) is 3.43. The van der Waals surface area contributed by atoms with Crippen LogP contribution >= 0.6 is 27.5 Å². The Morgan fingerprint density at radius 2 is 2.00 bits per heavy atom. The molecule has 0 aliphatic carbocycles. The molecule has 1 aromatic heterocycles. The standard InChI is InChI=1S/C27H22BrClFN5O5/c1-2-3-4-24-33-22-10-5-17(28)13-20(22)27(37)34(24)31-14-16-11-21(29)26(23(12-16)35(38)39)40-15-25(36)32-19-8-6-18(30)7-9-19/h5-14H,2-4,15H2,1H3,(H,32,36). The van der Waals surface area contributed by atoms with Gasteiger partial charge in [-0.3, -0.25) is 19.7 Å². The number of carbonyl (C=O) groups is 1. The van der Waals surface area contributed by atoms with Crippen molar-refractivity contribution < 1.29 is 18.8 Å². The molecule has 0 atom stereocenters. The summed E-state index contributed by atoms with van der Waals surface area (Å²) in [6, 6.07) is 12.8. The highest BCUT2D eigenvalue weighted by Crippen LogP contribution is 2.36. The number of amides is 1. The van der Waals surface area contributed by atoms with Crippen molar-refractivity contribution in [3.8, 4) is 5.75 Å². The molecule has 0 saturated carbocycles. The highest BCUT2D eigenvalue weighted by atomic mass is 79.9. The fraction of sp³-hybridized carbons (Fsp3) is 0.185. The molecule has 0 fully saturated rings. The lowest BCUT2D eigenvalue weighted by molar-refractivity contribution is -0.385. The summed E-state index contributed by atoms with van der Waals surface area (Å²) in [4.78, 5) is 41.2. The number of aryl methyl sites for hydroxylation is 1. The Balaban J connectivity index is 1.62. The van der Waals surface area contributed by atoms with Crippen LogP contribution in [0.5, 0.6) is 5.75 Å². The molecule has 0 bridgehead atoms. The van der Waals surface area contributed by atoms with Crippen molar-refractivity contribution in [2.75, 3.05) is 11.9 Å². The average Bonchev–Trinajstić information content (AvgIpc) is 2.92. The first-order valence-electron chi connectivity index (χ1n) is 12.1. The Morgan fingerprint density at radius 1 is 1.25 bits per heavy atom. The average molecular weight is 631 g/mol. The zero-order chi connectivity index (χ0) is 28.8. The molecule has 10 nitrogen and oxygen atoms in total. The van der Waals surface area contributed by atoms with Gasteiger partial charge in [-0.15, -0.1) is 0 Å². The second-order valence-corrected chi connectivity index (χ2v) is 9.93. The lowest BCUT2D eigenvalue weighted by Gasteiger charge is -2.11. The Labute approximate surface area is 240 Å². The van der Waals surface area contributed by atoms with E-state index in [9.17, 15) is 24.1 Å². The van der Waals surface area contributed by atoms with E-state index in [1.54, 1.807) is 18.2 Å². The number of halogens is 3. The third-order valence-corrected chi connectivity index (χ3v) is 6.44. The number of fused-ring (bicyclic) bond motifs is 1. The van der Waals surface area contributed by atoms with Crippen LogP contribution < -0.4 is 15.6 Å². The van der Waals surface area contributed by atoms with Crippen LogP contribution in [0, 0.1) is 15.9 Å². The van der Waals surface area contributed by atoms with Gasteiger partial charge in [0.1, 0.15) is 11.6 Å². The zero-order valence-electron chi connectivity index (χ0n) is 21.1. The number of nitrogens with one attached hydrogen (secondary N) is 1. The molecule has 4 rings (SSSR count). The Morgan fingerprint density at radius 3 is 2.70 bits per heavy atom. The molecule has 0 spiro atoms. The van der Waals surface area contributed by atoms with E-state index in [2.05, 4.69) is 31.3 Å². The summed E-state index contributed by atoms with van der Waals surface area (Å²) in [5.41, 5.74) is 0.201. The second kappa shape index (κ2) is 12.8. The molecule has 0 aliphatic rings. The molecular weight excluding hydrogens is 609 g/mol. The van der Waals surface area contributed by atoms with Crippen molar-refractivity contribution in [3.63, 3.8) is 0 Å². The number of unbranched alkanes of at least 4 members (excludes halogenated alkanes) is 1. The van der Waals surface area contributed by atoms with Crippen LogP contribution in [0.25, 0.3) is 10.9 Å². The molecule has 3 aromatic carbocycles. The normalized spacial score (nSPS) is 11.2. The van der Waals surface area contributed by atoms with Gasteiger partial charge in [0.05, 0.1) is 27.1 Å². The summed E-state index contributed by atoms with van der Waals surface area (Å²) in [7, 11) is 0. The highest BCUT2D eigenvalue weighted by Gasteiger charge is 2.22. The van der Waals surface area contributed by atoms with Gasteiger partial charge in [-0.25, -0.2) is 9.37 Å². The summed E-state index contributed by atoms with van der Waals surface area (Å²) < 4.78 is 20.3. The quantitative estimate of drug-likeness (QED) is 0.128. The molecule has 206 valence electrons. The van der Waals surface area contributed by atoms with Gasteiger partial charge >= 0.3 is 5.69 Å². The number of anilines is 1. The SMILES string of the molecule is CCCCc1nc2ccc(Br)cc2c(=O)n1N=Cc1cc(Cl)c(OCC(=O)Nc2ccc(F)cc2)c([N+](=O)[O-])c1. The number of ether oxygens (including phenoxy) is 1. The maximum atomic E-state index is 13.3. The van der Waals surface area contributed by atoms with Gasteiger partial charge in [0.2, 0.25) is 5.75 Å². The molecule has 1 N–H and O–H groups in total. The molecule has 4 aromatic rings. The summed E-state index contributed by atoms with van der Waals surface area (Å²) in [6.45, 7) is 1.43. The van der Waals surface area contributed by atoms with Crippen molar-refractivity contribution in [2.24, 2.45) is 5.10 Å². The minimum Gasteiger partial charge on any atom is -0.476 e. The lowest BCUT2D eigenvalue weighted by atomic mass is 10.2. The highest BCUT2D eigenvalue weighted by molar-refractivity contribution is 9.10. The van der Waals surface area contributed by atoms with Crippen LogP contribution in [0.4, 0.5) is 15.8 Å². The molecule has 0 aliphatic heterocycles. The molecule has 0 unspecified atom stereocenters. The maximum Gasteiger partial charge on any atom is 0.313 e. The van der Waals surface area contributed by atoms with E-state index in [-0.39, 0.29) is 21.9 Å². The van der Waals surface area contributed by atoms with Gasteiger partial charge in [0.15, 0.2) is 6.61 Å². The number of benzene rings is 3. The molecular formula is C27H22BrClFN5O5. The minimum atomic E-state index is -0.704. The number of rotatable bonds is 10. The molecule has 13 heteroatoms. The van der Waals surface area contributed by atoms with E-state index in [1.165, 1.54) is 47.3 Å². The van der Waals surface area contributed by atoms with Crippen LogP contribution in [0.15, 0.2) is 69.0 Å². The second-order valence-electron chi connectivity index (χ2n) is 8.61. The zero-order valence-corrected chi connectivity index (χ0v) is 23.4. The van der Waals surface area contributed by atoms with Crippen LogP contribution in [0.1, 0.15) is 31.2 Å². The largest absolute Gasteiger partial charge is 0.476 e. The van der Waals surface area contributed by atoms with Crippen molar-refractivity contribution in [1.82, 2.24) is 9.66 Å². The Kier molecular flexibility index (Phi) is 9.22. The third-order valence-electron chi connectivity index (χ3n) is 5.67. The number of hydrogen-bond donors (Lipinski definition) is 1. The first kappa shape index (κ1) is 28.8. The predicted octanol–water partition coefficient (Wildman–Crippen LogP) is 6.10. The topological polar surface area (TPSA) is 129 Å². The van der Waals surface area contributed by atoms with Crippen LogP contribution in [-0.4, -0.2) is 33.3 Å². The summed E-state index contributed by atoms with van der Waals surface area (Å²) in [5.74, 6) is -0.953. The Bertz CT molecular complexity index is 1680. The van der Waals surface area contributed by atoms with Crippen LogP contribution in [0.3, 0.4) is 0 Å². The van der Waals surface area contributed by atoms with Gasteiger partial charge in [0, 0.05) is 28.2 Å². The van der Waals surface area contributed by atoms with E-state index < -0.39 is 28.9 Å². The van der Waals surface area contributed by atoms with E-state index in [0.717, 1.165) is 12.8 Å². The number of carbonyl (C=O) groups excluding carboxylic acids is 1. The van der Waals surface area contributed by atoms with E-state index >= 15 is 0 Å². The van der Waals surface area contributed by atoms with Gasteiger partial charge in [-0.05, 0) is 55.0 Å². The first-order chi connectivity index (χ1) is 19.2. The van der Waals surface area contributed by atoms with Gasteiger partial charge < -0.3 is 10.1 Å². The molecule has 1 heterocycles. The predicted molar refractivity (Wildman–Crippen MR) is 154 cm³/mol. The minimum absolute atomic E-state index is 0.135. The molecule has 1 amide bonds. The lowest BCUT2D eigenvalue weighted by Crippen LogP contribution is -2.22. The smallest absolute Gasteiger partial charge is 0.313 e. The van der Waals surface area contributed by atoms with Crippen molar-refractivity contribution in [2.45, 2.75) is 26.2 Å². The van der Waals surface area contributed by atoms with Crippen molar-refractivity contribution in [3.05, 3.63) is 102 Å². The van der Waals surface area contributed by atoms with Crippen molar-refractivity contribution >= 4 is 61.9 Å². The Hall–Kier alpha value is -4.16. The van der Waals surface area contributed by atoms with Gasteiger partial charge in [-0.2, -0.15) is 9.78 Å². The number of nitro groups is 1. The van der Waals surface area contributed by atoms with Crippen molar-refractivity contribution in [1.29, 1.82) is 0 Å². The van der Waals surface area contributed by atoms with E-state index in [0.29, 0.717) is 33.3 Å². The third kappa shape index (κ3) is 6.88. The monoisotopic (exact) mass is 629 g/mol. The van der Waals surface area contributed by atoms with Crippen LogP contribution in [-0.2, 0) is 11.2 Å². The van der Waals surface area contributed by atoms with Gasteiger partial charge in [0.25, 0.3) is 11.5 Å². The van der Waals surface area contributed by atoms with Crippen LogP contribution in [0.2, 0.25) is 5.02 Å². The van der Waals surface area contributed by atoms with Gasteiger partial charge in [-0.1, -0.05) is 40.9 Å². The summed E-state index contributed by atoms with van der Waals surface area (Å²) >= 11 is 9.66. The molecule has 40 heavy (non-hydrogen) atoms. The number of hydrogen-bond acceptors (Lipinski definition) is 7. The molecule has 0 saturated heterocycles. The summed E-state index contributed by atoms with van der Waals surface area (Å²) in [5, 5.41) is 18.8. The number of nitrogens with zero attached hydrogens (tertiary/aromatic N) is 4. The number of aromatic nitrogens is 2. The first-order valence-corrected chi connectivity index (χ1v) is 13.2. The molecule has 0 radical (unpaired) electrons. The maximum absolute atomic E-state index is 13.3. The number of nitro benzene ring substituents is 1. The van der Waals surface area contributed by atoms with E-state index in [4.69, 9.17) is 16.3 Å². The fourth-order valence-electron chi connectivity index (χ4n) is 3.76. The van der Waals surface area contributed by atoms with E-state index in [1.807, 2.05) is 6.92 Å².